The van der Waals surface area contributed by atoms with Gasteiger partial charge in [0, 0.05) is 42.7 Å². The zero-order valence-corrected chi connectivity index (χ0v) is 23.6. The van der Waals surface area contributed by atoms with E-state index in [1.54, 1.807) is 24.4 Å². The number of nitrogens with one attached hydrogen (secondary N) is 2. The number of nitrogens with zero attached hydrogens (tertiary/aromatic N) is 4. The van der Waals surface area contributed by atoms with Crippen LogP contribution >= 0.6 is 11.3 Å². The van der Waals surface area contributed by atoms with Crippen molar-refractivity contribution in [2.45, 2.75) is 44.5 Å². The molecular formula is C28H29F3N6O4S. The zero-order chi connectivity index (χ0) is 29.5. The van der Waals surface area contributed by atoms with Crippen LogP contribution in [0, 0.1) is 5.41 Å². The summed E-state index contributed by atoms with van der Waals surface area (Å²) in [5.74, 6) is -0.0554. The number of rotatable bonds is 8. The first kappa shape index (κ1) is 28.3. The normalized spacial score (nSPS) is 19.7. The molecule has 14 heteroatoms. The number of hydrogen-bond donors (Lipinski definition) is 2. The highest BCUT2D eigenvalue weighted by Gasteiger charge is 2.55. The number of likely N-dealkylation sites (tertiary alicyclic amines) is 1. The first-order valence-corrected chi connectivity index (χ1v) is 14.6. The standard InChI is InChI=1S/C28H29F3N6O4S/c1-2-40-24-18(4-3-8-33-24)19-5-6-21(22(35-19)23(38)34-16-7-9-32-12-16)41-17-10-27(11-17)14-37(15-27)25(39)20-13-42-26(36-20)28(29,30)31/h3-6,8,13,16-17,32H,2,7,9-12,14-15H2,1H3,(H,34,38)/t16-/m1/s1. The predicted octanol–water partition coefficient (Wildman–Crippen LogP) is 3.79. The van der Waals surface area contributed by atoms with E-state index in [4.69, 9.17) is 9.47 Å². The van der Waals surface area contributed by atoms with Crippen molar-refractivity contribution in [3.8, 4) is 22.9 Å². The number of pyridine rings is 2. The molecule has 3 aromatic heterocycles. The summed E-state index contributed by atoms with van der Waals surface area (Å²) in [6, 6.07) is 7.10. The van der Waals surface area contributed by atoms with E-state index in [1.165, 1.54) is 4.90 Å². The van der Waals surface area contributed by atoms with Crippen LogP contribution in [0.2, 0.25) is 0 Å². The predicted molar refractivity (Wildman–Crippen MR) is 146 cm³/mol. The quantitative estimate of drug-likeness (QED) is 0.400. The van der Waals surface area contributed by atoms with Crippen LogP contribution in [0.3, 0.4) is 0 Å². The zero-order valence-electron chi connectivity index (χ0n) is 22.7. The molecule has 2 N–H and O–H groups in total. The Morgan fingerprint density at radius 1 is 1.21 bits per heavy atom. The third kappa shape index (κ3) is 5.64. The number of aromatic nitrogens is 3. The minimum absolute atomic E-state index is 0.0106. The molecule has 3 fully saturated rings. The van der Waals surface area contributed by atoms with Crippen molar-refractivity contribution in [3.05, 3.63) is 52.2 Å². The second kappa shape index (κ2) is 11.1. The third-order valence-electron chi connectivity index (χ3n) is 7.72. The van der Waals surface area contributed by atoms with Crippen LogP contribution in [-0.2, 0) is 6.18 Å². The van der Waals surface area contributed by atoms with Crippen molar-refractivity contribution in [2.75, 3.05) is 32.8 Å². The molecule has 10 nitrogen and oxygen atoms in total. The van der Waals surface area contributed by atoms with E-state index < -0.39 is 17.1 Å². The van der Waals surface area contributed by atoms with Crippen LogP contribution in [-0.4, -0.2) is 76.6 Å². The van der Waals surface area contributed by atoms with Gasteiger partial charge in [0.15, 0.2) is 16.5 Å². The molecule has 2 saturated heterocycles. The number of thiazole rings is 1. The first-order valence-electron chi connectivity index (χ1n) is 13.7. The van der Waals surface area contributed by atoms with E-state index >= 15 is 0 Å². The fourth-order valence-corrected chi connectivity index (χ4v) is 6.38. The van der Waals surface area contributed by atoms with E-state index in [9.17, 15) is 22.8 Å². The smallest absolute Gasteiger partial charge is 0.443 e. The SMILES string of the molecule is CCOc1ncccc1-c1ccc(OC2CC3(C2)CN(C(=O)c2csc(C(F)(F)F)n2)C3)c(C(=O)N[C@@H]2CCNC2)n1. The maximum Gasteiger partial charge on any atom is 0.443 e. The third-order valence-corrected chi connectivity index (χ3v) is 8.60. The van der Waals surface area contributed by atoms with Gasteiger partial charge >= 0.3 is 6.18 Å². The topological polar surface area (TPSA) is 119 Å². The summed E-state index contributed by atoms with van der Waals surface area (Å²) in [6.45, 7) is 4.64. The molecule has 42 heavy (non-hydrogen) atoms. The van der Waals surface area contributed by atoms with Gasteiger partial charge in [-0.2, -0.15) is 13.2 Å². The number of ether oxygens (including phenoxy) is 2. The van der Waals surface area contributed by atoms with Gasteiger partial charge in [-0.1, -0.05) is 0 Å². The Hall–Kier alpha value is -3.78. The van der Waals surface area contributed by atoms with E-state index in [0.29, 0.717) is 73.3 Å². The van der Waals surface area contributed by atoms with Gasteiger partial charge in [-0.15, -0.1) is 11.3 Å². The summed E-state index contributed by atoms with van der Waals surface area (Å²) in [5.41, 5.74) is 1.02. The Kier molecular flexibility index (Phi) is 7.51. The Bertz CT molecular complexity index is 1480. The molecule has 1 saturated carbocycles. The summed E-state index contributed by atoms with van der Waals surface area (Å²) in [5, 5.41) is 6.39. The van der Waals surface area contributed by atoms with Crippen LogP contribution in [0.25, 0.3) is 11.3 Å². The average Bonchev–Trinajstić information content (AvgIpc) is 3.62. The summed E-state index contributed by atoms with van der Waals surface area (Å²) in [7, 11) is 0. The highest BCUT2D eigenvalue weighted by molar-refractivity contribution is 7.10. The van der Waals surface area contributed by atoms with Crippen molar-refractivity contribution in [1.29, 1.82) is 0 Å². The lowest BCUT2D eigenvalue weighted by Gasteiger charge is -2.58. The molecule has 0 unspecified atom stereocenters. The van der Waals surface area contributed by atoms with Crippen molar-refractivity contribution in [1.82, 2.24) is 30.5 Å². The van der Waals surface area contributed by atoms with E-state index in [-0.39, 0.29) is 34.9 Å². The second-order valence-corrected chi connectivity index (χ2v) is 11.7. The van der Waals surface area contributed by atoms with Crippen LogP contribution in [0.1, 0.15) is 52.2 Å². The van der Waals surface area contributed by atoms with Crippen molar-refractivity contribution in [2.24, 2.45) is 5.41 Å². The van der Waals surface area contributed by atoms with Crippen LogP contribution in [0.5, 0.6) is 11.6 Å². The lowest BCUT2D eigenvalue weighted by atomic mass is 9.61. The van der Waals surface area contributed by atoms with Crippen molar-refractivity contribution < 1.29 is 32.2 Å². The summed E-state index contributed by atoms with van der Waals surface area (Å²) in [6.07, 6.45) is -1.02. The van der Waals surface area contributed by atoms with Crippen molar-refractivity contribution in [3.63, 3.8) is 0 Å². The monoisotopic (exact) mass is 602 g/mol. The van der Waals surface area contributed by atoms with Crippen LogP contribution in [0.15, 0.2) is 35.8 Å². The molecule has 3 aromatic rings. The van der Waals surface area contributed by atoms with Gasteiger partial charge in [0.25, 0.3) is 11.8 Å². The average molecular weight is 603 g/mol. The Morgan fingerprint density at radius 3 is 2.71 bits per heavy atom. The van der Waals surface area contributed by atoms with Gasteiger partial charge in [-0.25, -0.2) is 15.0 Å². The second-order valence-electron chi connectivity index (χ2n) is 10.8. The summed E-state index contributed by atoms with van der Waals surface area (Å²) < 4.78 is 50.6. The van der Waals surface area contributed by atoms with Crippen LogP contribution < -0.4 is 20.1 Å². The minimum Gasteiger partial charge on any atom is -0.488 e. The number of amides is 2. The maximum atomic E-state index is 13.4. The summed E-state index contributed by atoms with van der Waals surface area (Å²) in [4.78, 5) is 40.0. The molecule has 0 radical (unpaired) electrons. The lowest BCUT2D eigenvalue weighted by Crippen LogP contribution is -2.65. The van der Waals surface area contributed by atoms with Gasteiger partial charge < -0.3 is 25.0 Å². The lowest BCUT2D eigenvalue weighted by molar-refractivity contribution is -0.137. The summed E-state index contributed by atoms with van der Waals surface area (Å²) >= 11 is 0.418. The van der Waals surface area contributed by atoms with Gasteiger partial charge in [0.2, 0.25) is 5.88 Å². The van der Waals surface area contributed by atoms with Crippen LogP contribution in [0.4, 0.5) is 13.2 Å². The molecule has 5 heterocycles. The number of halogens is 3. The van der Waals surface area contributed by atoms with Gasteiger partial charge in [-0.3, -0.25) is 9.59 Å². The van der Waals surface area contributed by atoms with E-state index in [2.05, 4.69) is 25.6 Å². The number of carbonyl (C=O) groups is 2. The van der Waals surface area contributed by atoms with E-state index in [0.717, 1.165) is 18.3 Å². The Morgan fingerprint density at radius 2 is 2.02 bits per heavy atom. The minimum atomic E-state index is -4.57. The fraction of sp³-hybridized carbons (Fsp3) is 0.464. The molecule has 0 aromatic carbocycles. The molecule has 2 amide bonds. The van der Waals surface area contributed by atoms with Gasteiger partial charge in [0.1, 0.15) is 11.8 Å². The number of carbonyl (C=O) groups excluding carboxylic acids is 2. The molecule has 2 aliphatic heterocycles. The molecule has 6 rings (SSSR count). The van der Waals surface area contributed by atoms with Gasteiger partial charge in [0.05, 0.1) is 17.9 Å². The largest absolute Gasteiger partial charge is 0.488 e. The van der Waals surface area contributed by atoms with E-state index in [1.807, 2.05) is 13.0 Å². The first-order chi connectivity index (χ1) is 20.1. The number of alkyl halides is 3. The highest BCUT2D eigenvalue weighted by Crippen LogP contribution is 2.50. The maximum absolute atomic E-state index is 13.4. The Balaban J connectivity index is 1.13. The Labute approximate surface area is 243 Å². The molecule has 1 aliphatic carbocycles. The molecule has 1 atom stereocenters. The van der Waals surface area contributed by atoms with Crippen molar-refractivity contribution >= 4 is 23.2 Å². The molecule has 3 aliphatic rings. The highest BCUT2D eigenvalue weighted by atomic mass is 32.1. The molecule has 222 valence electrons. The van der Waals surface area contributed by atoms with Gasteiger partial charge in [-0.05, 0) is 57.0 Å². The molecular weight excluding hydrogens is 573 g/mol. The molecule has 1 spiro atoms. The molecule has 0 bridgehead atoms. The number of hydrogen-bond acceptors (Lipinski definition) is 9. The fourth-order valence-electron chi connectivity index (χ4n) is 5.72.